The lowest BCUT2D eigenvalue weighted by atomic mass is 10.1. The maximum Gasteiger partial charge on any atom is 0.251 e. The summed E-state index contributed by atoms with van der Waals surface area (Å²) in [4.78, 5) is 24.4. The molecule has 2 amide bonds. The first kappa shape index (κ1) is 18.8. The van der Waals surface area contributed by atoms with E-state index in [9.17, 15) is 9.59 Å². The van der Waals surface area contributed by atoms with Crippen LogP contribution in [-0.4, -0.2) is 39.6 Å². The van der Waals surface area contributed by atoms with Gasteiger partial charge in [0.1, 0.15) is 0 Å². The van der Waals surface area contributed by atoms with E-state index in [-0.39, 0.29) is 18.4 Å². The van der Waals surface area contributed by atoms with Crippen LogP contribution in [0.25, 0.3) is 0 Å². The Bertz CT molecular complexity index is 811. The van der Waals surface area contributed by atoms with Crippen LogP contribution in [0.3, 0.4) is 0 Å². The average molecular weight is 391 g/mol. The van der Waals surface area contributed by atoms with E-state index in [4.69, 9.17) is 0 Å². The van der Waals surface area contributed by atoms with Crippen molar-refractivity contribution < 1.29 is 9.59 Å². The quantitative estimate of drug-likeness (QED) is 0.821. The fraction of sp³-hybridized carbons (Fsp3) is 0.389. The van der Waals surface area contributed by atoms with Gasteiger partial charge in [-0.15, -0.1) is 23.5 Å². The summed E-state index contributed by atoms with van der Waals surface area (Å²) < 4.78 is 2.18. The van der Waals surface area contributed by atoms with Gasteiger partial charge < -0.3 is 10.6 Å². The molecule has 1 saturated heterocycles. The second-order valence-electron chi connectivity index (χ2n) is 6.10. The number of anilines is 1. The molecule has 0 saturated carbocycles. The van der Waals surface area contributed by atoms with Crippen LogP contribution < -0.4 is 10.6 Å². The number of hydrogen-bond donors (Lipinski definition) is 2. The van der Waals surface area contributed by atoms with E-state index in [1.165, 1.54) is 17.1 Å². The van der Waals surface area contributed by atoms with Gasteiger partial charge in [0.15, 0.2) is 0 Å². The highest BCUT2D eigenvalue weighted by atomic mass is 32.2. The zero-order valence-electron chi connectivity index (χ0n) is 15.0. The van der Waals surface area contributed by atoms with Crippen molar-refractivity contribution >= 4 is 41.0 Å². The van der Waals surface area contributed by atoms with Crippen LogP contribution in [0.15, 0.2) is 24.3 Å². The highest BCUT2D eigenvalue weighted by Crippen LogP contribution is 2.45. The normalized spacial score (nSPS) is 14.4. The van der Waals surface area contributed by atoms with Gasteiger partial charge in [0.25, 0.3) is 5.91 Å². The molecule has 0 spiro atoms. The van der Waals surface area contributed by atoms with Crippen LogP contribution in [0, 0.1) is 13.8 Å². The summed E-state index contributed by atoms with van der Waals surface area (Å²) in [6.07, 6.45) is 0. The number of hydrogen-bond acceptors (Lipinski definition) is 5. The van der Waals surface area contributed by atoms with Gasteiger partial charge in [0.05, 0.1) is 28.2 Å². The number of thioether (sulfide) groups is 2. The minimum Gasteiger partial charge on any atom is -0.343 e. The van der Waals surface area contributed by atoms with Gasteiger partial charge in [-0.2, -0.15) is 5.10 Å². The van der Waals surface area contributed by atoms with Crippen LogP contribution in [-0.2, 0) is 11.8 Å². The van der Waals surface area contributed by atoms with E-state index in [1.807, 2.05) is 68.7 Å². The molecule has 2 heterocycles. The van der Waals surface area contributed by atoms with Gasteiger partial charge in [-0.25, -0.2) is 0 Å². The minimum absolute atomic E-state index is 0.0807. The van der Waals surface area contributed by atoms with Gasteiger partial charge in [-0.1, -0.05) is 12.1 Å². The minimum atomic E-state index is -0.270. The molecule has 1 aromatic carbocycles. The summed E-state index contributed by atoms with van der Waals surface area (Å²) in [6.45, 7) is 3.64. The smallest absolute Gasteiger partial charge is 0.251 e. The fourth-order valence-electron chi connectivity index (χ4n) is 2.74. The molecule has 138 valence electrons. The zero-order chi connectivity index (χ0) is 18.7. The molecule has 1 aromatic heterocycles. The van der Waals surface area contributed by atoms with Crippen LogP contribution >= 0.6 is 23.5 Å². The van der Waals surface area contributed by atoms with Crippen molar-refractivity contribution in [2.24, 2.45) is 7.05 Å². The highest BCUT2D eigenvalue weighted by Gasteiger charge is 2.18. The van der Waals surface area contributed by atoms with Gasteiger partial charge in [-0.3, -0.25) is 14.3 Å². The van der Waals surface area contributed by atoms with Crippen LogP contribution in [0.1, 0.15) is 31.9 Å². The molecule has 8 heteroatoms. The maximum atomic E-state index is 12.3. The Morgan fingerprint density at radius 3 is 2.42 bits per heavy atom. The molecule has 1 aliphatic heterocycles. The molecule has 1 aliphatic rings. The maximum absolute atomic E-state index is 12.3. The Labute approximate surface area is 161 Å². The lowest BCUT2D eigenvalue weighted by Crippen LogP contribution is -2.33. The monoisotopic (exact) mass is 390 g/mol. The predicted octanol–water partition coefficient (Wildman–Crippen LogP) is 2.88. The SMILES string of the molecule is Cc1nn(C)c(C)c1NC(=O)CNC(=O)c1ccc(C2SCCS2)cc1. The Kier molecular flexibility index (Phi) is 5.93. The summed E-state index contributed by atoms with van der Waals surface area (Å²) >= 11 is 3.86. The second-order valence-corrected chi connectivity index (χ2v) is 8.82. The molecule has 0 unspecified atom stereocenters. The zero-order valence-corrected chi connectivity index (χ0v) is 16.7. The number of rotatable bonds is 5. The van der Waals surface area contributed by atoms with Gasteiger partial charge >= 0.3 is 0 Å². The molecule has 0 aliphatic carbocycles. The number of aromatic nitrogens is 2. The lowest BCUT2D eigenvalue weighted by molar-refractivity contribution is -0.115. The van der Waals surface area contributed by atoms with E-state index in [2.05, 4.69) is 15.7 Å². The van der Waals surface area contributed by atoms with Crippen molar-refractivity contribution in [1.29, 1.82) is 0 Å². The molecule has 0 radical (unpaired) electrons. The van der Waals surface area contributed by atoms with Crippen LogP contribution in [0.5, 0.6) is 0 Å². The molecule has 26 heavy (non-hydrogen) atoms. The van der Waals surface area contributed by atoms with Crippen molar-refractivity contribution in [3.8, 4) is 0 Å². The second kappa shape index (κ2) is 8.18. The number of amides is 2. The largest absolute Gasteiger partial charge is 0.343 e. The number of carbonyl (C=O) groups excluding carboxylic acids is 2. The summed E-state index contributed by atoms with van der Waals surface area (Å²) in [7, 11) is 1.83. The Hall–Kier alpha value is -1.93. The average Bonchev–Trinajstić information content (AvgIpc) is 3.25. The molecule has 1 fully saturated rings. The third kappa shape index (κ3) is 4.24. The Morgan fingerprint density at radius 1 is 1.19 bits per heavy atom. The summed E-state index contributed by atoms with van der Waals surface area (Å²) in [6, 6.07) is 7.62. The molecular formula is C18H22N4O2S2. The summed E-state index contributed by atoms with van der Waals surface area (Å²) in [5, 5.41) is 9.73. The van der Waals surface area contributed by atoms with Gasteiger partial charge in [0, 0.05) is 24.1 Å². The predicted molar refractivity (Wildman–Crippen MR) is 108 cm³/mol. The molecule has 3 rings (SSSR count). The fourth-order valence-corrected chi connectivity index (χ4v) is 5.60. The number of benzene rings is 1. The molecule has 0 atom stereocenters. The van der Waals surface area contributed by atoms with Crippen LogP contribution in [0.4, 0.5) is 5.69 Å². The van der Waals surface area contributed by atoms with Crippen molar-refractivity contribution in [1.82, 2.24) is 15.1 Å². The van der Waals surface area contributed by atoms with E-state index in [1.54, 1.807) is 4.68 Å². The number of nitrogens with zero attached hydrogens (tertiary/aromatic N) is 2. The summed E-state index contributed by atoms with van der Waals surface area (Å²) in [5.41, 5.74) is 4.11. The van der Waals surface area contributed by atoms with E-state index >= 15 is 0 Å². The lowest BCUT2D eigenvalue weighted by Gasteiger charge is -2.10. The number of aryl methyl sites for hydroxylation is 2. The molecule has 6 nitrogen and oxygen atoms in total. The topological polar surface area (TPSA) is 76.0 Å². The molecule has 2 N–H and O–H groups in total. The van der Waals surface area contributed by atoms with Crippen molar-refractivity contribution in [3.63, 3.8) is 0 Å². The molecular weight excluding hydrogens is 368 g/mol. The third-order valence-corrected chi connectivity index (χ3v) is 7.35. The standard InChI is InChI=1S/C18H22N4O2S2/c1-11-16(12(2)22(3)21-11)20-15(23)10-19-17(24)13-4-6-14(7-5-13)18-25-8-9-26-18/h4-7,18H,8-10H2,1-3H3,(H,19,24)(H,20,23). The molecule has 0 bridgehead atoms. The molecule has 2 aromatic rings. The van der Waals surface area contributed by atoms with Crippen molar-refractivity contribution in [2.75, 3.05) is 23.4 Å². The van der Waals surface area contributed by atoms with E-state index in [0.29, 0.717) is 15.8 Å². The van der Waals surface area contributed by atoms with Crippen LogP contribution in [0.2, 0.25) is 0 Å². The van der Waals surface area contributed by atoms with E-state index < -0.39 is 0 Å². The Balaban J connectivity index is 1.54. The van der Waals surface area contributed by atoms with Crippen molar-refractivity contribution in [2.45, 2.75) is 18.4 Å². The first-order valence-electron chi connectivity index (χ1n) is 8.37. The summed E-state index contributed by atoms with van der Waals surface area (Å²) in [5.74, 6) is 1.82. The Morgan fingerprint density at radius 2 is 1.85 bits per heavy atom. The highest BCUT2D eigenvalue weighted by molar-refractivity contribution is 8.19. The first-order valence-corrected chi connectivity index (χ1v) is 10.5. The number of nitrogens with one attached hydrogen (secondary N) is 2. The van der Waals surface area contributed by atoms with E-state index in [0.717, 1.165) is 11.4 Å². The first-order chi connectivity index (χ1) is 12.5. The van der Waals surface area contributed by atoms with Gasteiger partial charge in [-0.05, 0) is 31.5 Å². The third-order valence-electron chi connectivity index (χ3n) is 4.25. The van der Waals surface area contributed by atoms with Gasteiger partial charge in [0.2, 0.25) is 5.91 Å². The van der Waals surface area contributed by atoms with Crippen molar-refractivity contribution in [3.05, 3.63) is 46.8 Å². The number of carbonyl (C=O) groups is 2.